The molecule has 17 heavy (non-hydrogen) atoms. The molecule has 3 N–H and O–H groups in total. The van der Waals surface area contributed by atoms with Gasteiger partial charge in [-0.2, -0.15) is 0 Å². The number of aromatic nitrogens is 1. The zero-order chi connectivity index (χ0) is 12.4. The van der Waals surface area contributed by atoms with Crippen molar-refractivity contribution in [3.63, 3.8) is 0 Å². The van der Waals surface area contributed by atoms with Gasteiger partial charge in [0.1, 0.15) is 5.56 Å². The molecule has 0 radical (unpaired) electrons. The van der Waals surface area contributed by atoms with Crippen LogP contribution in [0.5, 0.6) is 0 Å². The normalized spacial score (nSPS) is 20.4. The largest absolute Gasteiger partial charge is 0.337 e. The minimum absolute atomic E-state index is 0.0252. The van der Waals surface area contributed by atoms with Gasteiger partial charge in [-0.15, -0.1) is 0 Å². The maximum atomic E-state index is 12.1. The van der Waals surface area contributed by atoms with Gasteiger partial charge in [0, 0.05) is 24.8 Å². The third kappa shape index (κ3) is 2.55. The number of nitrogens with zero attached hydrogens (tertiary/aromatic N) is 1. The Morgan fingerprint density at radius 1 is 1.53 bits per heavy atom. The highest BCUT2D eigenvalue weighted by atomic mass is 16.2. The number of likely N-dealkylation sites (tertiary alicyclic amines) is 1. The van der Waals surface area contributed by atoms with E-state index in [4.69, 9.17) is 5.73 Å². The van der Waals surface area contributed by atoms with E-state index in [9.17, 15) is 9.59 Å². The van der Waals surface area contributed by atoms with Gasteiger partial charge in [0.05, 0.1) is 0 Å². The number of hydrogen-bond acceptors (Lipinski definition) is 3. The quantitative estimate of drug-likeness (QED) is 0.732. The molecular formula is C12H17N3O2. The van der Waals surface area contributed by atoms with Gasteiger partial charge in [0.25, 0.3) is 11.5 Å². The first kappa shape index (κ1) is 11.9. The van der Waals surface area contributed by atoms with E-state index in [1.165, 1.54) is 0 Å². The second-order valence-electron chi connectivity index (χ2n) is 4.54. The lowest BCUT2D eigenvalue weighted by Crippen LogP contribution is -2.46. The maximum absolute atomic E-state index is 12.1. The van der Waals surface area contributed by atoms with Gasteiger partial charge in [-0.25, -0.2) is 0 Å². The molecule has 2 heterocycles. The Bertz CT molecular complexity index is 481. The number of carbonyl (C=O) groups excluding carboxylic acids is 1. The smallest absolute Gasteiger partial charge is 0.260 e. The summed E-state index contributed by atoms with van der Waals surface area (Å²) in [7, 11) is 0. The molecule has 5 heteroatoms. The molecule has 0 saturated carbocycles. The van der Waals surface area contributed by atoms with Crippen LogP contribution in [-0.2, 0) is 0 Å². The molecule has 0 aromatic carbocycles. The minimum Gasteiger partial charge on any atom is -0.337 e. The first-order valence-electron chi connectivity index (χ1n) is 5.82. The Morgan fingerprint density at radius 2 is 2.29 bits per heavy atom. The summed E-state index contributed by atoms with van der Waals surface area (Å²) in [6.07, 6.45) is 1.84. The number of H-pyrrole nitrogens is 1. The summed E-state index contributed by atoms with van der Waals surface area (Å²) < 4.78 is 0. The van der Waals surface area contributed by atoms with Gasteiger partial charge in [0.15, 0.2) is 0 Å². The third-order valence-corrected chi connectivity index (χ3v) is 3.03. The van der Waals surface area contributed by atoms with Crippen molar-refractivity contribution >= 4 is 5.91 Å². The Morgan fingerprint density at radius 3 is 2.94 bits per heavy atom. The lowest BCUT2D eigenvalue weighted by Gasteiger charge is -2.30. The highest BCUT2D eigenvalue weighted by Gasteiger charge is 2.23. The average molecular weight is 235 g/mol. The number of amides is 1. The summed E-state index contributed by atoms with van der Waals surface area (Å²) in [5, 5.41) is 0. The fraction of sp³-hybridized carbons (Fsp3) is 0.500. The van der Waals surface area contributed by atoms with E-state index in [1.807, 2.05) is 0 Å². The molecule has 2 rings (SSSR count). The molecule has 0 aliphatic carbocycles. The van der Waals surface area contributed by atoms with E-state index in [-0.39, 0.29) is 23.1 Å². The van der Waals surface area contributed by atoms with Crippen molar-refractivity contribution in [3.8, 4) is 0 Å². The van der Waals surface area contributed by atoms with Crippen molar-refractivity contribution in [1.29, 1.82) is 0 Å². The van der Waals surface area contributed by atoms with Gasteiger partial charge in [-0.05, 0) is 31.9 Å². The van der Waals surface area contributed by atoms with Crippen molar-refractivity contribution in [2.75, 3.05) is 13.1 Å². The summed E-state index contributed by atoms with van der Waals surface area (Å²) in [6, 6.07) is 3.34. The molecule has 1 amide bonds. The second-order valence-corrected chi connectivity index (χ2v) is 4.54. The number of nitrogens with one attached hydrogen (secondary N) is 1. The van der Waals surface area contributed by atoms with Crippen LogP contribution in [0.1, 0.15) is 28.9 Å². The van der Waals surface area contributed by atoms with E-state index >= 15 is 0 Å². The van der Waals surface area contributed by atoms with Crippen LogP contribution >= 0.6 is 0 Å². The SMILES string of the molecule is Cc1ccc(C(=O)N2CCC[C@@H](N)C2)c(=O)[nH]1. The van der Waals surface area contributed by atoms with Crippen LogP contribution in [0.15, 0.2) is 16.9 Å². The highest BCUT2D eigenvalue weighted by molar-refractivity contribution is 5.93. The van der Waals surface area contributed by atoms with Gasteiger partial charge in [-0.1, -0.05) is 0 Å². The molecule has 0 spiro atoms. The number of aromatic amines is 1. The maximum Gasteiger partial charge on any atom is 0.260 e. The number of piperidine rings is 1. The summed E-state index contributed by atoms with van der Waals surface area (Å²) >= 11 is 0. The van der Waals surface area contributed by atoms with Crippen molar-refractivity contribution in [2.45, 2.75) is 25.8 Å². The minimum atomic E-state index is -0.325. The number of rotatable bonds is 1. The third-order valence-electron chi connectivity index (χ3n) is 3.03. The van der Waals surface area contributed by atoms with E-state index < -0.39 is 0 Å². The molecule has 1 aromatic rings. The molecule has 5 nitrogen and oxygen atoms in total. The van der Waals surface area contributed by atoms with Crippen LogP contribution in [0, 0.1) is 6.92 Å². The zero-order valence-electron chi connectivity index (χ0n) is 9.90. The predicted octanol–water partition coefficient (Wildman–Crippen LogP) is 0.247. The zero-order valence-corrected chi connectivity index (χ0v) is 9.90. The second kappa shape index (κ2) is 4.71. The van der Waals surface area contributed by atoms with Gasteiger partial charge >= 0.3 is 0 Å². The van der Waals surface area contributed by atoms with Crippen molar-refractivity contribution < 1.29 is 4.79 Å². The fourth-order valence-corrected chi connectivity index (χ4v) is 2.11. The van der Waals surface area contributed by atoms with Crippen molar-refractivity contribution in [2.24, 2.45) is 5.73 Å². The molecule has 0 bridgehead atoms. The Hall–Kier alpha value is -1.62. The van der Waals surface area contributed by atoms with E-state index in [1.54, 1.807) is 24.0 Å². The highest BCUT2D eigenvalue weighted by Crippen LogP contribution is 2.10. The predicted molar refractivity (Wildman–Crippen MR) is 64.9 cm³/mol. The van der Waals surface area contributed by atoms with Gasteiger partial charge in [-0.3, -0.25) is 9.59 Å². The molecule has 0 unspecified atom stereocenters. The lowest BCUT2D eigenvalue weighted by atomic mass is 10.1. The molecule has 1 atom stereocenters. The number of hydrogen-bond donors (Lipinski definition) is 2. The topological polar surface area (TPSA) is 79.2 Å². The van der Waals surface area contributed by atoms with Crippen LogP contribution in [-0.4, -0.2) is 34.9 Å². The van der Waals surface area contributed by atoms with Crippen LogP contribution in [0.25, 0.3) is 0 Å². The Balaban J connectivity index is 2.22. The number of carbonyl (C=O) groups is 1. The van der Waals surface area contributed by atoms with Crippen molar-refractivity contribution in [3.05, 3.63) is 33.7 Å². The number of pyridine rings is 1. The van der Waals surface area contributed by atoms with Gasteiger partial charge in [0.2, 0.25) is 0 Å². The van der Waals surface area contributed by atoms with Crippen LogP contribution in [0.2, 0.25) is 0 Å². The lowest BCUT2D eigenvalue weighted by molar-refractivity contribution is 0.0707. The fourth-order valence-electron chi connectivity index (χ4n) is 2.11. The first-order chi connectivity index (χ1) is 8.08. The van der Waals surface area contributed by atoms with E-state index in [0.29, 0.717) is 13.1 Å². The summed E-state index contributed by atoms with van der Waals surface area (Å²) in [5.74, 6) is -0.221. The van der Waals surface area contributed by atoms with E-state index in [2.05, 4.69) is 4.98 Å². The number of aryl methyl sites for hydroxylation is 1. The Labute approximate surface area is 99.6 Å². The summed E-state index contributed by atoms with van der Waals surface area (Å²) in [4.78, 5) is 28.1. The molecular weight excluding hydrogens is 218 g/mol. The average Bonchev–Trinajstić information content (AvgIpc) is 2.28. The first-order valence-corrected chi connectivity index (χ1v) is 5.82. The Kier molecular flexibility index (Phi) is 3.28. The molecule has 1 aliphatic rings. The van der Waals surface area contributed by atoms with Crippen LogP contribution in [0.3, 0.4) is 0 Å². The van der Waals surface area contributed by atoms with Crippen LogP contribution < -0.4 is 11.3 Å². The number of nitrogens with two attached hydrogens (primary N) is 1. The molecule has 1 aromatic heterocycles. The standard InChI is InChI=1S/C12H17N3O2/c1-8-4-5-10(11(16)14-8)12(17)15-6-2-3-9(13)7-15/h4-5,9H,2-3,6-7,13H2,1H3,(H,14,16)/t9-/m1/s1. The van der Waals surface area contributed by atoms with E-state index in [0.717, 1.165) is 18.5 Å². The summed E-state index contributed by atoms with van der Waals surface area (Å²) in [5.41, 5.74) is 6.45. The molecule has 92 valence electrons. The molecule has 1 fully saturated rings. The van der Waals surface area contributed by atoms with Crippen molar-refractivity contribution in [1.82, 2.24) is 9.88 Å². The molecule has 1 aliphatic heterocycles. The monoisotopic (exact) mass is 235 g/mol. The van der Waals surface area contributed by atoms with Crippen LogP contribution in [0.4, 0.5) is 0 Å². The van der Waals surface area contributed by atoms with Gasteiger partial charge < -0.3 is 15.6 Å². The summed E-state index contributed by atoms with van der Waals surface area (Å²) in [6.45, 7) is 3.00. The molecule has 1 saturated heterocycles.